The molecule has 0 aliphatic rings. The minimum Gasteiger partial charge on any atom is -0.320 e. The fourth-order valence-corrected chi connectivity index (χ4v) is 2.52. The van der Waals surface area contributed by atoms with E-state index < -0.39 is 22.5 Å². The van der Waals surface area contributed by atoms with Gasteiger partial charge in [-0.1, -0.05) is 6.07 Å². The summed E-state index contributed by atoms with van der Waals surface area (Å²) in [5, 5.41) is 13.4. The molecule has 8 heteroatoms. The van der Waals surface area contributed by atoms with Crippen molar-refractivity contribution in [1.29, 1.82) is 0 Å². The van der Waals surface area contributed by atoms with E-state index >= 15 is 0 Å². The number of nitrogens with zero attached hydrogens (tertiary/aromatic N) is 1. The zero-order chi connectivity index (χ0) is 17.0. The van der Waals surface area contributed by atoms with Crippen molar-refractivity contribution < 1.29 is 18.5 Å². The molecule has 0 saturated carbocycles. The molecule has 0 atom stereocenters. The number of hydrogen-bond donors (Lipinski definition) is 1. The number of carbonyl (C=O) groups excluding carboxylic acids is 1. The van der Waals surface area contributed by atoms with Gasteiger partial charge in [0.2, 0.25) is 5.91 Å². The number of halogens is 2. The quantitative estimate of drug-likeness (QED) is 0.510. The van der Waals surface area contributed by atoms with Crippen LogP contribution in [-0.2, 0) is 4.79 Å². The molecule has 0 heterocycles. The molecule has 23 heavy (non-hydrogen) atoms. The van der Waals surface area contributed by atoms with E-state index in [1.165, 1.54) is 18.2 Å². The predicted molar refractivity (Wildman–Crippen MR) is 83.5 cm³/mol. The molecule has 1 N–H and O–H groups in total. The number of nitrogens with one attached hydrogen (secondary N) is 1. The maximum atomic E-state index is 13.1. The second-order valence-electron chi connectivity index (χ2n) is 4.69. The molecule has 2 aromatic carbocycles. The van der Waals surface area contributed by atoms with Crippen LogP contribution < -0.4 is 5.32 Å². The molecule has 1 amide bonds. The molecule has 0 aliphatic carbocycles. The number of hydrogen-bond acceptors (Lipinski definition) is 4. The number of carbonyl (C=O) groups is 1. The highest BCUT2D eigenvalue weighted by atomic mass is 32.2. The second-order valence-corrected chi connectivity index (χ2v) is 5.74. The van der Waals surface area contributed by atoms with Gasteiger partial charge in [-0.3, -0.25) is 14.9 Å². The fraction of sp³-hybridized carbons (Fsp3) is 0.133. The SMILES string of the molecule is Cc1ccc(NC(=O)CSc2ccc(F)c(F)c2)c([N+](=O)[O-])c1. The third kappa shape index (κ3) is 4.49. The van der Waals surface area contributed by atoms with Gasteiger partial charge < -0.3 is 5.32 Å². The van der Waals surface area contributed by atoms with Crippen LogP contribution >= 0.6 is 11.8 Å². The van der Waals surface area contributed by atoms with E-state index in [-0.39, 0.29) is 17.1 Å². The Balaban J connectivity index is 2.02. The van der Waals surface area contributed by atoms with E-state index in [1.807, 2.05) is 0 Å². The van der Waals surface area contributed by atoms with Crippen molar-refractivity contribution in [2.75, 3.05) is 11.1 Å². The van der Waals surface area contributed by atoms with Crippen LogP contribution in [0.15, 0.2) is 41.3 Å². The third-order valence-corrected chi connectivity index (χ3v) is 3.88. The Morgan fingerprint density at radius 3 is 2.61 bits per heavy atom. The van der Waals surface area contributed by atoms with E-state index in [2.05, 4.69) is 5.32 Å². The largest absolute Gasteiger partial charge is 0.320 e. The molecule has 0 spiro atoms. The number of amides is 1. The summed E-state index contributed by atoms with van der Waals surface area (Å²) >= 11 is 0.999. The van der Waals surface area contributed by atoms with Crippen molar-refractivity contribution in [2.45, 2.75) is 11.8 Å². The van der Waals surface area contributed by atoms with E-state index in [1.54, 1.807) is 13.0 Å². The van der Waals surface area contributed by atoms with Crippen molar-refractivity contribution in [1.82, 2.24) is 0 Å². The Kier molecular flexibility index (Phi) is 5.28. The van der Waals surface area contributed by atoms with Gasteiger partial charge in [0.1, 0.15) is 5.69 Å². The van der Waals surface area contributed by atoms with Crippen LogP contribution in [0, 0.1) is 28.7 Å². The molecule has 0 bridgehead atoms. The van der Waals surface area contributed by atoms with Crippen molar-refractivity contribution in [3.8, 4) is 0 Å². The molecule has 2 aromatic rings. The monoisotopic (exact) mass is 338 g/mol. The van der Waals surface area contributed by atoms with Crippen LogP contribution in [0.3, 0.4) is 0 Å². The first-order valence-electron chi connectivity index (χ1n) is 6.49. The topological polar surface area (TPSA) is 72.2 Å². The number of thioether (sulfide) groups is 1. The Bertz CT molecular complexity index is 768. The van der Waals surface area contributed by atoms with Gasteiger partial charge in [0.15, 0.2) is 11.6 Å². The molecule has 0 fully saturated rings. The van der Waals surface area contributed by atoms with Crippen molar-refractivity contribution in [2.24, 2.45) is 0 Å². The van der Waals surface area contributed by atoms with Crippen LogP contribution in [0.2, 0.25) is 0 Å². The first kappa shape index (κ1) is 16.9. The number of anilines is 1. The number of rotatable bonds is 5. The highest BCUT2D eigenvalue weighted by Crippen LogP contribution is 2.26. The van der Waals surface area contributed by atoms with Gasteiger partial charge in [-0.2, -0.15) is 0 Å². The average Bonchev–Trinajstić information content (AvgIpc) is 2.50. The summed E-state index contributed by atoms with van der Waals surface area (Å²) in [6, 6.07) is 7.77. The number of benzene rings is 2. The minimum absolute atomic E-state index is 0.0872. The van der Waals surface area contributed by atoms with Crippen molar-refractivity contribution >= 4 is 29.0 Å². The predicted octanol–water partition coefficient (Wildman–Crippen LogP) is 3.91. The first-order valence-corrected chi connectivity index (χ1v) is 7.48. The Labute approximate surface area is 134 Å². The second kappa shape index (κ2) is 7.19. The summed E-state index contributed by atoms with van der Waals surface area (Å²) in [5.41, 5.74) is 0.596. The van der Waals surface area contributed by atoms with Crippen LogP contribution in [0.25, 0.3) is 0 Å². The smallest absolute Gasteiger partial charge is 0.293 e. The first-order chi connectivity index (χ1) is 10.9. The van der Waals surface area contributed by atoms with Crippen molar-refractivity contribution in [3.05, 3.63) is 63.7 Å². The highest BCUT2D eigenvalue weighted by molar-refractivity contribution is 8.00. The molecule has 0 aromatic heterocycles. The molecule has 2 rings (SSSR count). The zero-order valence-corrected chi connectivity index (χ0v) is 12.8. The molecule has 0 saturated heterocycles. The van der Waals surface area contributed by atoms with Gasteiger partial charge in [0.05, 0.1) is 10.7 Å². The summed E-state index contributed by atoms with van der Waals surface area (Å²) in [5.74, 6) is -2.53. The van der Waals surface area contributed by atoms with E-state index in [0.29, 0.717) is 10.5 Å². The summed E-state index contributed by atoms with van der Waals surface area (Å²) in [7, 11) is 0. The van der Waals surface area contributed by atoms with Gasteiger partial charge in [-0.05, 0) is 36.8 Å². The van der Waals surface area contributed by atoms with Crippen molar-refractivity contribution in [3.63, 3.8) is 0 Å². The van der Waals surface area contributed by atoms with Gasteiger partial charge in [-0.25, -0.2) is 8.78 Å². The lowest BCUT2D eigenvalue weighted by Crippen LogP contribution is -2.15. The summed E-state index contributed by atoms with van der Waals surface area (Å²) in [6.07, 6.45) is 0. The van der Waals surface area contributed by atoms with Crippen LogP contribution in [0.4, 0.5) is 20.2 Å². The number of aryl methyl sites for hydroxylation is 1. The maximum Gasteiger partial charge on any atom is 0.293 e. The molecule has 120 valence electrons. The van der Waals surface area contributed by atoms with E-state index in [9.17, 15) is 23.7 Å². The molecule has 0 radical (unpaired) electrons. The molecule has 0 aliphatic heterocycles. The molecular weight excluding hydrogens is 326 g/mol. The molecule has 0 unspecified atom stereocenters. The molecule has 5 nitrogen and oxygen atoms in total. The lowest BCUT2D eigenvalue weighted by molar-refractivity contribution is -0.384. The standard InChI is InChI=1S/C15H12F2N2O3S/c1-9-2-5-13(14(6-9)19(21)22)18-15(20)8-23-10-3-4-11(16)12(17)7-10/h2-7H,8H2,1H3,(H,18,20). The summed E-state index contributed by atoms with van der Waals surface area (Å²) in [4.78, 5) is 22.7. The minimum atomic E-state index is -0.996. The summed E-state index contributed by atoms with van der Waals surface area (Å²) in [6.45, 7) is 1.71. The van der Waals surface area contributed by atoms with Crippen LogP contribution in [0.5, 0.6) is 0 Å². The van der Waals surface area contributed by atoms with Gasteiger partial charge >= 0.3 is 0 Å². The summed E-state index contributed by atoms with van der Waals surface area (Å²) < 4.78 is 25.9. The zero-order valence-electron chi connectivity index (χ0n) is 12.0. The highest BCUT2D eigenvalue weighted by Gasteiger charge is 2.16. The maximum absolute atomic E-state index is 13.1. The van der Waals surface area contributed by atoms with E-state index in [4.69, 9.17) is 0 Å². The van der Waals surface area contributed by atoms with E-state index in [0.717, 1.165) is 23.9 Å². The lowest BCUT2D eigenvalue weighted by atomic mass is 10.2. The number of nitro groups is 1. The molecular formula is C15H12F2N2O3S. The van der Waals surface area contributed by atoms with Gasteiger partial charge in [0, 0.05) is 11.0 Å². The van der Waals surface area contributed by atoms with Crippen LogP contribution in [0.1, 0.15) is 5.56 Å². The average molecular weight is 338 g/mol. The lowest BCUT2D eigenvalue weighted by Gasteiger charge is -2.07. The number of nitro benzene ring substituents is 1. The normalized spacial score (nSPS) is 10.4. The van der Waals surface area contributed by atoms with Gasteiger partial charge in [-0.15, -0.1) is 11.8 Å². The Morgan fingerprint density at radius 2 is 1.96 bits per heavy atom. The third-order valence-electron chi connectivity index (χ3n) is 2.89. The Hall–Kier alpha value is -2.48. The van der Waals surface area contributed by atoms with Crippen LogP contribution in [-0.4, -0.2) is 16.6 Å². The fourth-order valence-electron chi connectivity index (χ4n) is 1.80. The van der Waals surface area contributed by atoms with Gasteiger partial charge in [0.25, 0.3) is 5.69 Å². The Morgan fingerprint density at radius 1 is 1.22 bits per heavy atom.